The van der Waals surface area contributed by atoms with Gasteiger partial charge in [-0.05, 0) is 92.5 Å². The number of aliphatic hydroxyl groups is 4. The van der Waals surface area contributed by atoms with Crippen LogP contribution < -0.4 is 25.8 Å². The zero-order chi connectivity index (χ0) is 42.5. The molecular weight excluding hydrogens is 775 g/mol. The van der Waals surface area contributed by atoms with Crippen LogP contribution in [-0.4, -0.2) is 104 Å². The fraction of sp³-hybridized carbons (Fsp3) is 0.435. The first-order chi connectivity index (χ1) is 29.6. The van der Waals surface area contributed by atoms with Gasteiger partial charge in [0.15, 0.2) is 0 Å². The van der Waals surface area contributed by atoms with Crippen molar-refractivity contribution in [3.63, 3.8) is 0 Å². The predicted molar refractivity (Wildman–Crippen MR) is 230 cm³/mol. The fourth-order valence-electron chi connectivity index (χ4n) is 9.28. The first-order valence-corrected chi connectivity index (χ1v) is 21.4. The lowest BCUT2D eigenvalue weighted by Crippen LogP contribution is -2.57. The van der Waals surface area contributed by atoms with Crippen molar-refractivity contribution < 1.29 is 30.0 Å². The first-order valence-electron chi connectivity index (χ1n) is 21.4. The smallest absolute Gasteiger partial charge is 0.322 e. The Morgan fingerprint density at radius 3 is 2.25 bits per heavy atom. The third-order valence-electron chi connectivity index (χ3n) is 12.7. The lowest BCUT2D eigenvalue weighted by Gasteiger charge is -2.40. The van der Waals surface area contributed by atoms with Gasteiger partial charge in [-0.1, -0.05) is 48.5 Å². The van der Waals surface area contributed by atoms with E-state index in [0.717, 1.165) is 54.0 Å². The van der Waals surface area contributed by atoms with Crippen molar-refractivity contribution in [2.24, 2.45) is 0 Å². The summed E-state index contributed by atoms with van der Waals surface area (Å²) < 4.78 is 0. The summed E-state index contributed by atoms with van der Waals surface area (Å²) in [5.41, 5.74) is 5.42. The van der Waals surface area contributed by atoms with Crippen LogP contribution in [0.1, 0.15) is 85.2 Å². The average molecular weight is 830 g/mol. The summed E-state index contributed by atoms with van der Waals surface area (Å²) in [5.74, 6) is 0.800. The second kappa shape index (κ2) is 19.0. The molecule has 3 aromatic carbocycles. The van der Waals surface area contributed by atoms with E-state index in [1.807, 2.05) is 70.5 Å². The molecule has 7 N–H and O–H groups in total. The van der Waals surface area contributed by atoms with Gasteiger partial charge < -0.3 is 40.9 Å². The van der Waals surface area contributed by atoms with Crippen LogP contribution in [0.25, 0.3) is 0 Å². The summed E-state index contributed by atoms with van der Waals surface area (Å²) in [5, 5.41) is 61.0. The predicted octanol–water partition coefficient (Wildman–Crippen LogP) is 4.06. The van der Waals surface area contributed by atoms with E-state index < -0.39 is 31.0 Å². The number of anilines is 3. The quantitative estimate of drug-likeness (QED) is 0.115. The number of amides is 3. The highest BCUT2D eigenvalue weighted by atomic mass is 16.3. The van der Waals surface area contributed by atoms with Crippen molar-refractivity contribution in [1.82, 2.24) is 25.4 Å². The normalized spacial score (nSPS) is 25.3. The Bertz CT molecular complexity index is 2160. The standard InChI is InChI=1S/C46H55N9O6/c47-27-32-7-19-40(48-29-32)50-33-9-11-35(12-10-33)54(46(61)49-28-31-4-2-1-3-5-31)36-15-13-34(14-16-36)52-22-24-53(25-23-52)42(57)21-8-30-6-17-37-38(26-30)45(60)55(44(37)59)39-18-20-41(56)51-43(39)58/h1-7,13-17,19,26,29,33,35,39,41,43-45,51,56,58-60H,8-12,18,20-25,28H2,(H,48,50)(H,49,61)/t33?,35?,39-,41-,43-,44-,45-/m1/s1. The van der Waals surface area contributed by atoms with E-state index >= 15 is 0 Å². The van der Waals surface area contributed by atoms with Gasteiger partial charge in [-0.25, -0.2) is 14.7 Å². The van der Waals surface area contributed by atoms with Crippen molar-refractivity contribution in [2.75, 3.05) is 41.3 Å². The lowest BCUT2D eigenvalue weighted by atomic mass is 9.90. The Kier molecular flexibility index (Phi) is 13.1. The number of hydrogen-bond acceptors (Lipinski definition) is 12. The molecule has 1 aliphatic carbocycles. The molecule has 3 fully saturated rings. The number of nitriles is 1. The van der Waals surface area contributed by atoms with E-state index in [0.29, 0.717) is 75.1 Å². The third kappa shape index (κ3) is 9.65. The zero-order valence-electron chi connectivity index (χ0n) is 34.2. The number of hydrogen-bond donors (Lipinski definition) is 7. The van der Waals surface area contributed by atoms with Crippen LogP contribution in [0.4, 0.5) is 22.0 Å². The van der Waals surface area contributed by atoms with E-state index in [4.69, 9.17) is 5.26 Å². The van der Waals surface area contributed by atoms with Gasteiger partial charge in [0, 0.05) is 79.9 Å². The van der Waals surface area contributed by atoms with Crippen molar-refractivity contribution >= 4 is 29.1 Å². The number of fused-ring (bicyclic) bond motifs is 1. The number of carbonyl (C=O) groups is 2. The maximum Gasteiger partial charge on any atom is 0.322 e. The molecule has 320 valence electrons. The molecule has 5 atom stereocenters. The molecule has 0 bridgehead atoms. The summed E-state index contributed by atoms with van der Waals surface area (Å²) in [4.78, 5) is 39.2. The molecule has 4 heterocycles. The van der Waals surface area contributed by atoms with Gasteiger partial charge in [0.1, 0.15) is 36.8 Å². The fourth-order valence-corrected chi connectivity index (χ4v) is 9.28. The molecule has 3 amide bonds. The van der Waals surface area contributed by atoms with Gasteiger partial charge in [-0.3, -0.25) is 15.0 Å². The van der Waals surface area contributed by atoms with Gasteiger partial charge in [0.05, 0.1) is 11.6 Å². The van der Waals surface area contributed by atoms with E-state index in [2.05, 4.69) is 44.0 Å². The molecule has 15 heteroatoms. The topological polar surface area (TPSA) is 201 Å². The van der Waals surface area contributed by atoms with E-state index in [9.17, 15) is 30.0 Å². The van der Waals surface area contributed by atoms with Gasteiger partial charge in [-0.2, -0.15) is 5.26 Å². The van der Waals surface area contributed by atoms with Crippen molar-refractivity contribution in [3.8, 4) is 6.07 Å². The molecular formula is C46H55N9O6. The van der Waals surface area contributed by atoms with Crippen LogP contribution in [0.2, 0.25) is 0 Å². The van der Waals surface area contributed by atoms with E-state index in [-0.39, 0.29) is 24.0 Å². The van der Waals surface area contributed by atoms with Crippen LogP contribution in [0, 0.1) is 11.3 Å². The Morgan fingerprint density at radius 2 is 1.56 bits per heavy atom. The molecule has 1 saturated carbocycles. The number of benzene rings is 3. The number of rotatable bonds is 11. The zero-order valence-corrected chi connectivity index (χ0v) is 34.2. The third-order valence-corrected chi connectivity index (χ3v) is 12.7. The number of nitrogens with zero attached hydrogens (tertiary/aromatic N) is 6. The maximum atomic E-state index is 13.9. The average Bonchev–Trinajstić information content (AvgIpc) is 3.54. The molecule has 8 rings (SSSR count). The van der Waals surface area contributed by atoms with Gasteiger partial charge >= 0.3 is 6.03 Å². The number of carbonyl (C=O) groups excluding carboxylic acids is 2. The molecule has 4 aromatic rings. The molecule has 2 saturated heterocycles. The number of nitrogens with one attached hydrogen (secondary N) is 3. The summed E-state index contributed by atoms with van der Waals surface area (Å²) in [6.07, 6.45) is 2.38. The molecule has 61 heavy (non-hydrogen) atoms. The SMILES string of the molecule is N#Cc1ccc(NC2CCC(N(C(=O)NCc3ccccc3)c3ccc(N4CCN(C(=O)CCc5ccc6c(c5)[C@@H](O)N([C@@H]5CC[C@@H](O)N[C@@H]5O)[C@@H]6O)CC4)cc3)CC2)nc1. The number of urea groups is 1. The summed E-state index contributed by atoms with van der Waals surface area (Å²) in [6.45, 7) is 2.94. The van der Waals surface area contributed by atoms with Gasteiger partial charge in [-0.15, -0.1) is 0 Å². The maximum absolute atomic E-state index is 13.9. The minimum absolute atomic E-state index is 0.00952. The summed E-state index contributed by atoms with van der Waals surface area (Å²) >= 11 is 0. The number of pyridine rings is 1. The van der Waals surface area contributed by atoms with Crippen LogP contribution in [-0.2, 0) is 17.8 Å². The molecule has 1 aromatic heterocycles. The van der Waals surface area contributed by atoms with E-state index in [1.165, 1.54) is 4.90 Å². The molecule has 4 aliphatic rings. The molecule has 15 nitrogen and oxygen atoms in total. The highest BCUT2D eigenvalue weighted by Gasteiger charge is 2.45. The Labute approximate surface area is 356 Å². The second-order valence-corrected chi connectivity index (χ2v) is 16.5. The number of piperazine rings is 1. The monoisotopic (exact) mass is 829 g/mol. The molecule has 0 unspecified atom stereocenters. The largest absolute Gasteiger partial charge is 0.379 e. The summed E-state index contributed by atoms with van der Waals surface area (Å²) in [6, 6.07) is 28.7. The number of aromatic nitrogens is 1. The Hall–Kier alpha value is -5.60. The van der Waals surface area contributed by atoms with Crippen LogP contribution in [0.3, 0.4) is 0 Å². The number of aliphatic hydroxyl groups excluding tert-OH is 4. The molecule has 0 radical (unpaired) electrons. The van der Waals surface area contributed by atoms with Gasteiger partial charge in [0.2, 0.25) is 5.91 Å². The minimum atomic E-state index is -1.12. The lowest BCUT2D eigenvalue weighted by molar-refractivity contribution is -0.159. The second-order valence-electron chi connectivity index (χ2n) is 16.5. The van der Waals surface area contributed by atoms with Crippen molar-refractivity contribution in [3.05, 3.63) is 119 Å². The van der Waals surface area contributed by atoms with Gasteiger partial charge in [0.25, 0.3) is 0 Å². The Balaban J connectivity index is 0.850. The van der Waals surface area contributed by atoms with Crippen molar-refractivity contribution in [2.45, 2.75) is 101 Å². The number of aryl methyl sites for hydroxylation is 1. The minimum Gasteiger partial charge on any atom is -0.379 e. The van der Waals surface area contributed by atoms with Crippen LogP contribution >= 0.6 is 0 Å². The highest BCUT2D eigenvalue weighted by molar-refractivity contribution is 5.93. The summed E-state index contributed by atoms with van der Waals surface area (Å²) in [7, 11) is 0. The number of piperidine rings is 1. The molecule has 0 spiro atoms. The van der Waals surface area contributed by atoms with E-state index in [1.54, 1.807) is 18.3 Å². The first kappa shape index (κ1) is 42.1. The van der Waals surface area contributed by atoms with Crippen molar-refractivity contribution in [1.29, 1.82) is 5.26 Å². The highest BCUT2D eigenvalue weighted by Crippen LogP contribution is 2.43. The Morgan fingerprint density at radius 1 is 0.820 bits per heavy atom. The van der Waals surface area contributed by atoms with Crippen LogP contribution in [0.15, 0.2) is 91.1 Å². The van der Waals surface area contributed by atoms with Crippen LogP contribution in [0.5, 0.6) is 0 Å². The molecule has 3 aliphatic heterocycles.